The normalized spacial score (nSPS) is 18.6. The first-order valence-corrected chi connectivity index (χ1v) is 29.8. The number of carbonyl (C=O) groups excluding carboxylic acids is 6. The molecule has 2 fully saturated rings. The molecule has 0 bridgehead atoms. The van der Waals surface area contributed by atoms with Crippen LogP contribution in [0.3, 0.4) is 0 Å². The van der Waals surface area contributed by atoms with Crippen LogP contribution in [0.4, 0.5) is 0 Å². The predicted octanol–water partition coefficient (Wildman–Crippen LogP) is -1.34. The molecular weight excluding hydrogens is 1090 g/mol. The molecule has 0 saturated carbocycles. The molecule has 0 radical (unpaired) electrons. The zero-order valence-corrected chi connectivity index (χ0v) is 49.7. The topological polar surface area (TPSA) is 406 Å². The lowest BCUT2D eigenvalue weighted by molar-refractivity contribution is -0.145. The molecule has 27 nitrogen and oxygen atoms in total. The smallest absolute Gasteiger partial charge is 0.320 e. The average Bonchev–Trinajstić information content (AvgIpc) is 4.10. The summed E-state index contributed by atoms with van der Waals surface area (Å²) in [6.45, 7) is 8.25. The number of carbonyl (C=O) groups is 10. The number of carboxylic acids is 4. The highest BCUT2D eigenvalue weighted by Crippen LogP contribution is 2.22. The summed E-state index contributed by atoms with van der Waals surface area (Å²) in [5, 5.41) is 53.6. The summed E-state index contributed by atoms with van der Waals surface area (Å²) in [5.74, 6) is -8.16. The van der Waals surface area contributed by atoms with Gasteiger partial charge >= 0.3 is 23.9 Å². The van der Waals surface area contributed by atoms with E-state index >= 15 is 0 Å². The van der Waals surface area contributed by atoms with Crippen molar-refractivity contribution >= 4 is 59.3 Å². The highest BCUT2D eigenvalue weighted by Gasteiger charge is 2.40. The van der Waals surface area contributed by atoms with Crippen LogP contribution in [0.1, 0.15) is 110 Å². The standard InChI is InChI=1S/C57H97N13O14/c1-5-39(4)50(65-51(77)41(60)33-38(2)3)55(81)62-42(17-9-11-21-58)53(79)63-43(18-10-12-22-59)56(82)70-24-14-20-45(70)54(80)64-44(34-40-15-7-6-8-16-40)52(78)61-23-13-19-46(57(83)84)69-31-29-67(36-48(73)74)27-25-66(35-47(71)72)26-28-68(30-32-69)37-49(75)76/h6-8,15-16,38-39,41-46,50H,5,9-14,17-37,58-60H2,1-4H3,(H,61,78)(H,62,81)(H,63,79)(H,64,80)(H,65,77)(H,71,72)(H,73,74)(H,75,76)(H,83,84)/t39-,41-,42-,43-,44?,45-,46?,50-/m0/s1. The van der Waals surface area contributed by atoms with E-state index in [1.165, 1.54) is 4.90 Å². The van der Waals surface area contributed by atoms with Crippen molar-refractivity contribution in [3.8, 4) is 0 Å². The summed E-state index contributed by atoms with van der Waals surface area (Å²) in [5.41, 5.74) is 18.5. The van der Waals surface area contributed by atoms with Crippen molar-refractivity contribution in [2.45, 2.75) is 153 Å². The van der Waals surface area contributed by atoms with Crippen LogP contribution in [0.15, 0.2) is 30.3 Å². The summed E-state index contributed by atoms with van der Waals surface area (Å²) in [7, 11) is 0. The number of benzene rings is 1. The Bertz CT molecular complexity index is 2230. The largest absolute Gasteiger partial charge is 0.480 e. The van der Waals surface area contributed by atoms with Gasteiger partial charge in [0.15, 0.2) is 0 Å². The molecule has 0 aromatic heterocycles. The number of hydrogen-bond acceptors (Lipinski definition) is 17. The molecule has 6 amide bonds. The monoisotopic (exact) mass is 1190 g/mol. The van der Waals surface area contributed by atoms with Crippen LogP contribution in [0.5, 0.6) is 0 Å². The highest BCUT2D eigenvalue weighted by molar-refractivity contribution is 5.97. The van der Waals surface area contributed by atoms with Crippen molar-refractivity contribution < 1.29 is 68.4 Å². The zero-order valence-electron chi connectivity index (χ0n) is 49.7. The third-order valence-electron chi connectivity index (χ3n) is 15.4. The second-order valence-corrected chi connectivity index (χ2v) is 22.6. The molecule has 15 N–H and O–H groups in total. The van der Waals surface area contributed by atoms with Gasteiger partial charge in [0.25, 0.3) is 0 Å². The lowest BCUT2D eigenvalue weighted by Crippen LogP contribution is -2.60. The first-order chi connectivity index (χ1) is 40.0. The minimum Gasteiger partial charge on any atom is -0.480 e. The quantitative estimate of drug-likeness (QED) is 0.0346. The van der Waals surface area contributed by atoms with Gasteiger partial charge in [0.2, 0.25) is 35.4 Å². The number of carboxylic acid groups (broad SMARTS) is 4. The lowest BCUT2D eigenvalue weighted by atomic mass is 9.96. The van der Waals surface area contributed by atoms with E-state index < -0.39 is 102 Å². The SMILES string of the molecule is CC[C@H](C)[C@H](NC(=O)[C@@H](N)CC(C)C)C(=O)N[C@@H](CCCCN)C(=O)N[C@@H](CCCCN)C(=O)N1CCC[C@H]1C(=O)NC(Cc1ccccc1)C(=O)NCCCC(C(=O)O)N1CCN(CC(=O)O)CCN(CC(=O)O)CCN(CC(=O)O)CC1. The summed E-state index contributed by atoms with van der Waals surface area (Å²) < 4.78 is 0. The Morgan fingerprint density at radius 3 is 1.62 bits per heavy atom. The Balaban J connectivity index is 1.82. The number of likely N-dealkylation sites (tertiary alicyclic amines) is 1. The summed E-state index contributed by atoms with van der Waals surface area (Å²) >= 11 is 0. The van der Waals surface area contributed by atoms with Gasteiger partial charge < -0.3 is 69.1 Å². The van der Waals surface area contributed by atoms with Crippen LogP contribution in [-0.4, -0.2) is 245 Å². The molecule has 0 aliphatic carbocycles. The van der Waals surface area contributed by atoms with E-state index in [0.717, 1.165) is 0 Å². The fourth-order valence-corrected chi connectivity index (χ4v) is 10.5. The summed E-state index contributed by atoms with van der Waals surface area (Å²) in [6, 6.07) is 1.51. The van der Waals surface area contributed by atoms with Gasteiger partial charge in [-0.1, -0.05) is 64.4 Å². The minimum atomic E-state index is -1.19. The fraction of sp³-hybridized carbons (Fsp3) is 0.719. The van der Waals surface area contributed by atoms with Gasteiger partial charge in [-0.15, -0.1) is 0 Å². The van der Waals surface area contributed by atoms with Gasteiger partial charge in [0.05, 0.1) is 25.7 Å². The molecule has 8 atom stereocenters. The summed E-state index contributed by atoms with van der Waals surface area (Å²) in [4.78, 5) is 141. The third kappa shape index (κ3) is 26.3. The Morgan fingerprint density at radius 2 is 1.12 bits per heavy atom. The molecule has 2 unspecified atom stereocenters. The molecular formula is C57H97N13O14. The van der Waals surface area contributed by atoms with Crippen molar-refractivity contribution in [1.29, 1.82) is 0 Å². The Morgan fingerprint density at radius 1 is 0.595 bits per heavy atom. The number of rotatable bonds is 36. The molecule has 2 aliphatic rings. The van der Waals surface area contributed by atoms with Crippen LogP contribution in [0.2, 0.25) is 0 Å². The third-order valence-corrected chi connectivity index (χ3v) is 15.4. The van der Waals surface area contributed by atoms with Crippen LogP contribution in [-0.2, 0) is 54.4 Å². The molecule has 1 aromatic carbocycles. The lowest BCUT2D eigenvalue weighted by Gasteiger charge is -2.35. The molecule has 84 heavy (non-hydrogen) atoms. The van der Waals surface area contributed by atoms with Gasteiger partial charge in [-0.2, -0.15) is 0 Å². The van der Waals surface area contributed by atoms with Crippen LogP contribution >= 0.6 is 0 Å². The molecule has 474 valence electrons. The number of hydrogen-bond donors (Lipinski definition) is 12. The predicted molar refractivity (Wildman–Crippen MR) is 313 cm³/mol. The van der Waals surface area contributed by atoms with E-state index in [1.54, 1.807) is 49.9 Å². The Kier molecular flexibility index (Phi) is 33.0. The van der Waals surface area contributed by atoms with Crippen LogP contribution in [0.25, 0.3) is 0 Å². The van der Waals surface area contributed by atoms with E-state index in [2.05, 4.69) is 26.6 Å². The van der Waals surface area contributed by atoms with Crippen molar-refractivity contribution in [3.05, 3.63) is 35.9 Å². The van der Waals surface area contributed by atoms with Gasteiger partial charge in [-0.25, -0.2) is 0 Å². The van der Waals surface area contributed by atoms with Gasteiger partial charge in [0, 0.05) is 71.9 Å². The van der Waals surface area contributed by atoms with Crippen LogP contribution in [0, 0.1) is 11.8 Å². The van der Waals surface area contributed by atoms with Gasteiger partial charge in [0.1, 0.15) is 36.3 Å². The molecule has 3 rings (SSSR count). The van der Waals surface area contributed by atoms with Crippen molar-refractivity contribution in [1.82, 2.24) is 51.1 Å². The molecule has 2 saturated heterocycles. The minimum absolute atomic E-state index is 0.0153. The van der Waals surface area contributed by atoms with Crippen molar-refractivity contribution in [2.75, 3.05) is 98.2 Å². The average molecular weight is 1190 g/mol. The number of aliphatic carboxylic acids is 4. The van der Waals surface area contributed by atoms with Gasteiger partial charge in [-0.3, -0.25) is 67.5 Å². The molecule has 1 aromatic rings. The molecule has 27 heteroatoms. The maximum Gasteiger partial charge on any atom is 0.320 e. The number of unbranched alkanes of at least 4 members (excludes halogenated alkanes) is 2. The van der Waals surface area contributed by atoms with E-state index in [1.807, 2.05) is 27.7 Å². The van der Waals surface area contributed by atoms with E-state index in [0.29, 0.717) is 63.6 Å². The number of nitrogens with two attached hydrogens (primary N) is 3. The maximum atomic E-state index is 14.7. The second kappa shape index (κ2) is 38.6. The van der Waals surface area contributed by atoms with E-state index in [9.17, 15) is 68.4 Å². The maximum absolute atomic E-state index is 14.7. The number of nitrogens with one attached hydrogen (secondary N) is 5. The molecule has 0 spiro atoms. The van der Waals surface area contributed by atoms with Crippen molar-refractivity contribution in [3.63, 3.8) is 0 Å². The first-order valence-electron chi connectivity index (χ1n) is 29.8. The molecule has 2 aliphatic heterocycles. The zero-order chi connectivity index (χ0) is 62.3. The second-order valence-electron chi connectivity index (χ2n) is 22.6. The van der Waals surface area contributed by atoms with E-state index in [-0.39, 0.29) is 135 Å². The Labute approximate surface area is 493 Å². The number of nitrogens with zero attached hydrogens (tertiary/aromatic N) is 5. The summed E-state index contributed by atoms with van der Waals surface area (Å²) in [6.07, 6.45) is 4.15. The van der Waals surface area contributed by atoms with Crippen molar-refractivity contribution in [2.24, 2.45) is 29.0 Å². The first kappa shape index (κ1) is 71.9. The highest BCUT2D eigenvalue weighted by atomic mass is 16.4. The van der Waals surface area contributed by atoms with Gasteiger partial charge in [-0.05, 0) is 101 Å². The molecule has 2 heterocycles. The van der Waals surface area contributed by atoms with Crippen LogP contribution < -0.4 is 43.8 Å². The Hall–Kier alpha value is -6.36. The fourth-order valence-electron chi connectivity index (χ4n) is 10.5. The number of amides is 6. The van der Waals surface area contributed by atoms with E-state index in [4.69, 9.17) is 17.2 Å².